The van der Waals surface area contributed by atoms with Crippen LogP contribution >= 0.6 is 23.2 Å². The largest absolute Gasteiger partial charge is 0.469 e. The molecule has 1 aliphatic heterocycles. The highest BCUT2D eigenvalue weighted by Gasteiger charge is 2.42. The van der Waals surface area contributed by atoms with Crippen molar-refractivity contribution in [2.24, 2.45) is 11.7 Å². The number of carbonyl (C=O) groups is 2. The van der Waals surface area contributed by atoms with Crippen LogP contribution in [0.1, 0.15) is 46.6 Å². The molecule has 2 heterocycles. The first-order valence-electron chi connectivity index (χ1n) is 9.92. The van der Waals surface area contributed by atoms with Gasteiger partial charge in [-0.1, -0.05) is 29.3 Å². The third-order valence-corrected chi connectivity index (χ3v) is 6.71. The molecule has 1 aromatic heterocycles. The van der Waals surface area contributed by atoms with Crippen molar-refractivity contribution in [3.63, 3.8) is 0 Å². The van der Waals surface area contributed by atoms with Gasteiger partial charge in [-0.3, -0.25) is 14.6 Å². The molecule has 30 heavy (non-hydrogen) atoms. The Kier molecular flexibility index (Phi) is 5.75. The molecule has 8 heteroatoms. The van der Waals surface area contributed by atoms with Crippen LogP contribution in [-0.2, 0) is 22.6 Å². The molecule has 1 saturated carbocycles. The van der Waals surface area contributed by atoms with Gasteiger partial charge in [-0.15, -0.1) is 0 Å². The molecule has 158 valence electrons. The number of ether oxygens (including phenoxy) is 1. The lowest BCUT2D eigenvalue weighted by Crippen LogP contribution is -2.34. The first kappa shape index (κ1) is 21.1. The molecule has 0 unspecified atom stereocenters. The minimum Gasteiger partial charge on any atom is -0.469 e. The molecule has 0 saturated heterocycles. The van der Waals surface area contributed by atoms with Gasteiger partial charge in [0.2, 0.25) is 0 Å². The molecule has 2 atom stereocenters. The van der Waals surface area contributed by atoms with E-state index in [2.05, 4.69) is 0 Å². The Hall–Kier alpha value is -2.15. The van der Waals surface area contributed by atoms with E-state index < -0.39 is 0 Å². The van der Waals surface area contributed by atoms with Crippen LogP contribution in [-0.4, -0.2) is 34.9 Å². The molecule has 4 rings (SSSR count). The van der Waals surface area contributed by atoms with Crippen LogP contribution in [0.2, 0.25) is 10.0 Å². The van der Waals surface area contributed by atoms with E-state index in [1.54, 1.807) is 12.1 Å². The molecule has 0 bridgehead atoms. The van der Waals surface area contributed by atoms with E-state index in [4.69, 9.17) is 38.7 Å². The Morgan fingerprint density at radius 1 is 1.30 bits per heavy atom. The van der Waals surface area contributed by atoms with Crippen molar-refractivity contribution in [2.45, 2.75) is 45.3 Å². The van der Waals surface area contributed by atoms with Crippen LogP contribution in [0.15, 0.2) is 18.2 Å². The summed E-state index contributed by atoms with van der Waals surface area (Å²) in [5, 5.41) is 0.983. The highest BCUT2D eigenvalue weighted by atomic mass is 35.5. The number of halogens is 2. The van der Waals surface area contributed by atoms with E-state index >= 15 is 0 Å². The maximum absolute atomic E-state index is 13.5. The van der Waals surface area contributed by atoms with Crippen molar-refractivity contribution in [1.29, 1.82) is 0 Å². The van der Waals surface area contributed by atoms with Gasteiger partial charge in [0, 0.05) is 39.5 Å². The summed E-state index contributed by atoms with van der Waals surface area (Å²) in [5.41, 5.74) is 10.3. The van der Waals surface area contributed by atoms with Gasteiger partial charge in [0.25, 0.3) is 5.91 Å². The van der Waals surface area contributed by atoms with Crippen molar-refractivity contribution in [3.8, 4) is 11.1 Å². The number of nitrogens with zero attached hydrogens (tertiary/aromatic N) is 2. The number of aryl methyl sites for hydroxylation is 1. The average Bonchev–Trinajstić information content (AvgIpc) is 3.31. The number of nitrogens with two attached hydrogens (primary N) is 1. The third kappa shape index (κ3) is 3.47. The lowest BCUT2D eigenvalue weighted by Gasteiger charge is -2.23. The molecule has 1 fully saturated rings. The Morgan fingerprint density at radius 2 is 2.07 bits per heavy atom. The standard InChI is InChI=1S/C22H23Cl2N3O3/c1-11-16(9-25)19(15-6-4-13(23)8-17(15)24)20-18(26-11)10-27(21(20)28)14-5-3-12(7-14)22(29)30-2/h4,6,8,12,14H,3,5,7,9-10,25H2,1-2H3/t12-,14+/m1/s1. The van der Waals surface area contributed by atoms with E-state index in [1.165, 1.54) is 7.11 Å². The Bertz CT molecular complexity index is 1040. The Balaban J connectivity index is 1.77. The van der Waals surface area contributed by atoms with E-state index in [0.717, 1.165) is 34.5 Å². The summed E-state index contributed by atoms with van der Waals surface area (Å²) < 4.78 is 4.89. The highest BCUT2D eigenvalue weighted by Crippen LogP contribution is 2.42. The van der Waals surface area contributed by atoms with Crippen LogP contribution in [0, 0.1) is 12.8 Å². The summed E-state index contributed by atoms with van der Waals surface area (Å²) in [4.78, 5) is 32.0. The predicted molar refractivity (Wildman–Crippen MR) is 115 cm³/mol. The molecule has 1 aromatic carbocycles. The number of pyridine rings is 1. The second-order valence-electron chi connectivity index (χ2n) is 7.82. The molecule has 2 aliphatic rings. The molecule has 0 radical (unpaired) electrons. The van der Waals surface area contributed by atoms with Gasteiger partial charge in [0.15, 0.2) is 0 Å². The van der Waals surface area contributed by atoms with E-state index in [0.29, 0.717) is 35.0 Å². The second-order valence-corrected chi connectivity index (χ2v) is 8.66. The molecular formula is C22H23Cl2N3O3. The molecule has 1 aliphatic carbocycles. The summed E-state index contributed by atoms with van der Waals surface area (Å²) in [6.45, 7) is 2.55. The zero-order valence-corrected chi connectivity index (χ0v) is 18.4. The number of carbonyl (C=O) groups excluding carboxylic acids is 2. The van der Waals surface area contributed by atoms with E-state index in [9.17, 15) is 9.59 Å². The first-order valence-corrected chi connectivity index (χ1v) is 10.7. The number of benzene rings is 1. The van der Waals surface area contributed by atoms with Gasteiger partial charge >= 0.3 is 5.97 Å². The normalized spacial score (nSPS) is 20.6. The van der Waals surface area contributed by atoms with Gasteiger partial charge in [-0.2, -0.15) is 0 Å². The third-order valence-electron chi connectivity index (χ3n) is 6.16. The fraction of sp³-hybridized carbons (Fsp3) is 0.409. The smallest absolute Gasteiger partial charge is 0.308 e. The quantitative estimate of drug-likeness (QED) is 0.712. The summed E-state index contributed by atoms with van der Waals surface area (Å²) in [5.74, 6) is -0.477. The molecule has 1 amide bonds. The van der Waals surface area contributed by atoms with Crippen LogP contribution in [0.4, 0.5) is 0 Å². The van der Waals surface area contributed by atoms with Crippen LogP contribution in [0.3, 0.4) is 0 Å². The van der Waals surface area contributed by atoms with Crippen LogP contribution < -0.4 is 5.73 Å². The van der Waals surface area contributed by atoms with Gasteiger partial charge in [-0.05, 0) is 43.9 Å². The number of amides is 1. The zero-order chi connectivity index (χ0) is 21.6. The van der Waals surface area contributed by atoms with E-state index in [-0.39, 0.29) is 30.4 Å². The number of hydrogen-bond donors (Lipinski definition) is 1. The van der Waals surface area contributed by atoms with Gasteiger partial charge < -0.3 is 15.4 Å². The lowest BCUT2D eigenvalue weighted by molar-refractivity contribution is -0.145. The molecule has 2 aromatic rings. The SMILES string of the molecule is COC(=O)[C@@H]1CC[C@H](N2Cc3nc(C)c(CN)c(-c4ccc(Cl)cc4Cl)c3C2=O)C1. The number of esters is 1. The van der Waals surface area contributed by atoms with Gasteiger partial charge in [0.1, 0.15) is 0 Å². The summed E-state index contributed by atoms with van der Waals surface area (Å²) in [6, 6.07) is 5.21. The number of hydrogen-bond acceptors (Lipinski definition) is 5. The summed E-state index contributed by atoms with van der Waals surface area (Å²) in [6.07, 6.45) is 2.08. The van der Waals surface area contributed by atoms with E-state index in [1.807, 2.05) is 17.9 Å². The highest BCUT2D eigenvalue weighted by molar-refractivity contribution is 6.36. The van der Waals surface area contributed by atoms with Crippen molar-refractivity contribution < 1.29 is 14.3 Å². The monoisotopic (exact) mass is 447 g/mol. The molecule has 2 N–H and O–H groups in total. The minimum atomic E-state index is -0.213. The summed E-state index contributed by atoms with van der Waals surface area (Å²) >= 11 is 12.6. The zero-order valence-electron chi connectivity index (χ0n) is 16.9. The topological polar surface area (TPSA) is 85.5 Å². The maximum atomic E-state index is 13.5. The maximum Gasteiger partial charge on any atom is 0.308 e. The molecule has 6 nitrogen and oxygen atoms in total. The van der Waals surface area contributed by atoms with Crippen LogP contribution in [0.25, 0.3) is 11.1 Å². The van der Waals surface area contributed by atoms with Gasteiger partial charge in [-0.25, -0.2) is 0 Å². The van der Waals surface area contributed by atoms with Crippen molar-refractivity contribution in [2.75, 3.05) is 7.11 Å². The van der Waals surface area contributed by atoms with Crippen molar-refractivity contribution >= 4 is 35.1 Å². The first-order chi connectivity index (χ1) is 14.3. The Labute approximate surface area is 185 Å². The summed E-state index contributed by atoms with van der Waals surface area (Å²) in [7, 11) is 1.40. The number of rotatable bonds is 4. The van der Waals surface area contributed by atoms with Crippen molar-refractivity contribution in [1.82, 2.24) is 9.88 Å². The average molecular weight is 448 g/mol. The number of fused-ring (bicyclic) bond motifs is 1. The fourth-order valence-electron chi connectivity index (χ4n) is 4.68. The lowest BCUT2D eigenvalue weighted by atomic mass is 9.93. The number of aromatic nitrogens is 1. The fourth-order valence-corrected chi connectivity index (χ4v) is 5.18. The predicted octanol–water partition coefficient (Wildman–Crippen LogP) is 4.12. The van der Waals surface area contributed by atoms with Gasteiger partial charge in [0.05, 0.1) is 30.8 Å². The minimum absolute atomic E-state index is 0.0222. The Morgan fingerprint density at radius 3 is 2.73 bits per heavy atom. The number of methoxy groups -OCH3 is 1. The molecular weight excluding hydrogens is 425 g/mol. The van der Waals surface area contributed by atoms with Crippen molar-refractivity contribution in [3.05, 3.63) is 50.8 Å². The second kappa shape index (κ2) is 8.17. The molecule has 0 spiro atoms. The van der Waals surface area contributed by atoms with Crippen LogP contribution in [0.5, 0.6) is 0 Å².